The fourth-order valence-electron chi connectivity index (χ4n) is 3.39. The molecule has 0 amide bonds. The van der Waals surface area contributed by atoms with Crippen molar-refractivity contribution in [3.63, 3.8) is 0 Å². The van der Waals surface area contributed by atoms with Gasteiger partial charge in [0.25, 0.3) is 0 Å². The van der Waals surface area contributed by atoms with Gasteiger partial charge in [-0.25, -0.2) is 4.98 Å². The van der Waals surface area contributed by atoms with Gasteiger partial charge in [0.1, 0.15) is 5.82 Å². The molecule has 0 spiro atoms. The zero-order valence-electron chi connectivity index (χ0n) is 16.0. The van der Waals surface area contributed by atoms with Crippen LogP contribution in [-0.2, 0) is 11.2 Å². The number of aryl methyl sites for hydroxylation is 1. The highest BCUT2D eigenvalue weighted by atomic mass is 16.5. The molecule has 3 rings (SSSR count). The van der Waals surface area contributed by atoms with E-state index >= 15 is 0 Å². The van der Waals surface area contributed by atoms with E-state index in [9.17, 15) is 9.90 Å². The number of fused-ring (bicyclic) bond motifs is 1. The average Bonchev–Trinajstić information content (AvgIpc) is 2.97. The van der Waals surface area contributed by atoms with E-state index in [1.807, 2.05) is 54.8 Å². The highest BCUT2D eigenvalue weighted by Crippen LogP contribution is 2.30. The van der Waals surface area contributed by atoms with Crippen LogP contribution in [0.5, 0.6) is 11.5 Å². The molecule has 1 atom stereocenters. The molecule has 0 radical (unpaired) electrons. The maximum atomic E-state index is 11.3. The summed E-state index contributed by atoms with van der Waals surface area (Å²) in [5.74, 6) is 1.34. The minimum atomic E-state index is -0.825. The monoisotopic (exact) mass is 368 g/mol. The molecule has 27 heavy (non-hydrogen) atoms. The van der Waals surface area contributed by atoms with E-state index < -0.39 is 5.97 Å². The first-order chi connectivity index (χ1) is 12.9. The van der Waals surface area contributed by atoms with Gasteiger partial charge in [0.15, 0.2) is 11.5 Å². The number of carbonyl (C=O) groups is 1. The number of hydrogen-bond acceptors (Lipinski definition) is 4. The molecule has 0 aliphatic carbocycles. The molecule has 0 fully saturated rings. The summed E-state index contributed by atoms with van der Waals surface area (Å²) in [5.41, 5.74) is 3.96. The molecule has 0 saturated carbocycles. The number of carboxylic acid groups (broad SMARTS) is 1. The molecular formula is C21H24N2O4. The predicted octanol–water partition coefficient (Wildman–Crippen LogP) is 3.99. The lowest BCUT2D eigenvalue weighted by Gasteiger charge is -2.16. The number of carboxylic acids is 1. The summed E-state index contributed by atoms with van der Waals surface area (Å²) in [6, 6.07) is 11.6. The van der Waals surface area contributed by atoms with E-state index in [0.717, 1.165) is 28.0 Å². The van der Waals surface area contributed by atoms with Crippen LogP contribution in [0.25, 0.3) is 11.0 Å². The molecule has 1 aromatic heterocycles. The highest BCUT2D eigenvalue weighted by Gasteiger charge is 2.19. The molecule has 1 heterocycles. The smallest absolute Gasteiger partial charge is 0.305 e. The molecule has 0 aliphatic rings. The Labute approximate surface area is 158 Å². The quantitative estimate of drug-likeness (QED) is 0.683. The number of imidazole rings is 1. The number of methoxy groups -OCH3 is 2. The normalized spacial score (nSPS) is 12.1. The third-order valence-electron chi connectivity index (χ3n) is 4.64. The highest BCUT2D eigenvalue weighted by molar-refractivity contribution is 5.77. The van der Waals surface area contributed by atoms with Crippen LogP contribution in [0.15, 0.2) is 36.4 Å². The van der Waals surface area contributed by atoms with Gasteiger partial charge in [0.2, 0.25) is 0 Å². The first-order valence-corrected chi connectivity index (χ1v) is 8.83. The number of hydrogen-bond donors (Lipinski definition) is 1. The lowest BCUT2D eigenvalue weighted by Crippen LogP contribution is -2.13. The van der Waals surface area contributed by atoms with Crippen LogP contribution in [0, 0.1) is 6.92 Å². The molecule has 1 N–H and O–H groups in total. The van der Waals surface area contributed by atoms with E-state index in [0.29, 0.717) is 17.9 Å². The van der Waals surface area contributed by atoms with Gasteiger partial charge >= 0.3 is 5.97 Å². The van der Waals surface area contributed by atoms with Crippen LogP contribution in [0.2, 0.25) is 0 Å². The summed E-state index contributed by atoms with van der Waals surface area (Å²) in [6.07, 6.45) is 0.607. The summed E-state index contributed by atoms with van der Waals surface area (Å²) in [5, 5.41) is 9.24. The van der Waals surface area contributed by atoms with Crippen molar-refractivity contribution in [3.8, 4) is 11.5 Å². The van der Waals surface area contributed by atoms with E-state index in [1.54, 1.807) is 14.2 Å². The zero-order chi connectivity index (χ0) is 19.6. The Morgan fingerprint density at radius 3 is 2.56 bits per heavy atom. The molecule has 0 aliphatic heterocycles. The zero-order valence-corrected chi connectivity index (χ0v) is 16.0. The van der Waals surface area contributed by atoms with E-state index in [1.165, 1.54) is 0 Å². The predicted molar refractivity (Wildman–Crippen MR) is 104 cm³/mol. The van der Waals surface area contributed by atoms with Crippen LogP contribution in [0.3, 0.4) is 0 Å². The molecule has 0 saturated heterocycles. The average molecular weight is 368 g/mol. The SMILES string of the molecule is COc1ccc(Cc2nc3cc(C)ccc3n2C(C)CC(=O)O)cc1OC. The van der Waals surface area contributed by atoms with E-state index in [-0.39, 0.29) is 12.5 Å². The molecule has 1 unspecified atom stereocenters. The standard InChI is InChI=1S/C21H24N2O4/c1-13-5-7-17-16(9-13)22-20(23(17)14(2)10-21(24)25)12-15-6-8-18(26-3)19(11-15)27-4/h5-9,11,14H,10,12H2,1-4H3,(H,24,25). The van der Waals surface area contributed by atoms with Crippen molar-refractivity contribution in [1.82, 2.24) is 9.55 Å². The van der Waals surface area contributed by atoms with Crippen molar-refractivity contribution >= 4 is 17.0 Å². The Morgan fingerprint density at radius 1 is 1.15 bits per heavy atom. The maximum absolute atomic E-state index is 11.3. The third kappa shape index (κ3) is 3.89. The van der Waals surface area contributed by atoms with Gasteiger partial charge in [-0.15, -0.1) is 0 Å². The van der Waals surface area contributed by atoms with Crippen LogP contribution in [0.4, 0.5) is 0 Å². The van der Waals surface area contributed by atoms with Crippen molar-refractivity contribution in [3.05, 3.63) is 53.3 Å². The van der Waals surface area contributed by atoms with Gasteiger partial charge in [-0.3, -0.25) is 4.79 Å². The first kappa shape index (κ1) is 18.8. The van der Waals surface area contributed by atoms with Gasteiger partial charge in [-0.05, 0) is 49.2 Å². The summed E-state index contributed by atoms with van der Waals surface area (Å²) in [7, 11) is 3.21. The second-order valence-electron chi connectivity index (χ2n) is 6.70. The van der Waals surface area contributed by atoms with Crippen LogP contribution in [0.1, 0.15) is 36.3 Å². The summed E-state index contributed by atoms with van der Waals surface area (Å²) in [4.78, 5) is 16.0. The summed E-state index contributed by atoms with van der Waals surface area (Å²) >= 11 is 0. The van der Waals surface area contributed by atoms with Crippen molar-refractivity contribution in [1.29, 1.82) is 0 Å². The Morgan fingerprint density at radius 2 is 1.89 bits per heavy atom. The van der Waals surface area contributed by atoms with Crippen molar-refractivity contribution in [2.24, 2.45) is 0 Å². The van der Waals surface area contributed by atoms with E-state index in [2.05, 4.69) is 0 Å². The molecule has 3 aromatic rings. The Bertz CT molecular complexity index is 978. The summed E-state index contributed by atoms with van der Waals surface area (Å²) in [6.45, 7) is 3.93. The number of benzene rings is 2. The maximum Gasteiger partial charge on any atom is 0.305 e. The van der Waals surface area contributed by atoms with Crippen LogP contribution >= 0.6 is 0 Å². The minimum Gasteiger partial charge on any atom is -0.493 e. The largest absolute Gasteiger partial charge is 0.493 e. The Hall–Kier alpha value is -3.02. The molecule has 0 bridgehead atoms. The van der Waals surface area contributed by atoms with Gasteiger partial charge in [-0.1, -0.05) is 12.1 Å². The molecule has 6 heteroatoms. The summed E-state index contributed by atoms with van der Waals surface area (Å²) < 4.78 is 12.7. The topological polar surface area (TPSA) is 73.6 Å². The Kier molecular flexibility index (Phi) is 5.35. The second kappa shape index (κ2) is 7.70. The number of rotatable bonds is 7. The third-order valence-corrected chi connectivity index (χ3v) is 4.64. The van der Waals surface area contributed by atoms with Gasteiger partial charge in [-0.2, -0.15) is 0 Å². The van der Waals surface area contributed by atoms with Gasteiger partial charge in [0, 0.05) is 12.5 Å². The van der Waals surface area contributed by atoms with Crippen LogP contribution < -0.4 is 9.47 Å². The lowest BCUT2D eigenvalue weighted by molar-refractivity contribution is -0.137. The van der Waals surface area contributed by atoms with Gasteiger partial charge < -0.3 is 19.1 Å². The van der Waals surface area contributed by atoms with Crippen molar-refractivity contribution < 1.29 is 19.4 Å². The Balaban J connectivity index is 2.06. The number of aliphatic carboxylic acids is 1. The molecule has 2 aromatic carbocycles. The first-order valence-electron chi connectivity index (χ1n) is 8.83. The van der Waals surface area contributed by atoms with Gasteiger partial charge in [0.05, 0.1) is 31.7 Å². The fourth-order valence-corrected chi connectivity index (χ4v) is 3.39. The number of nitrogens with zero attached hydrogens (tertiary/aromatic N) is 2. The van der Waals surface area contributed by atoms with Crippen LogP contribution in [-0.4, -0.2) is 34.8 Å². The van der Waals surface area contributed by atoms with E-state index in [4.69, 9.17) is 14.5 Å². The lowest BCUT2D eigenvalue weighted by atomic mass is 10.1. The fraction of sp³-hybridized carbons (Fsp3) is 0.333. The molecular weight excluding hydrogens is 344 g/mol. The molecule has 6 nitrogen and oxygen atoms in total. The number of aromatic nitrogens is 2. The van der Waals surface area contributed by atoms with Crippen molar-refractivity contribution in [2.45, 2.75) is 32.7 Å². The van der Waals surface area contributed by atoms with Crippen molar-refractivity contribution in [2.75, 3.05) is 14.2 Å². The molecule has 142 valence electrons. The minimum absolute atomic E-state index is 0.0400. The second-order valence-corrected chi connectivity index (χ2v) is 6.70. The number of ether oxygens (including phenoxy) is 2.